The quantitative estimate of drug-likeness (QED) is 0.728. The van der Waals surface area contributed by atoms with Crippen LogP contribution in [0, 0.1) is 11.3 Å². The number of hydrogen-bond donors (Lipinski definition) is 0. The predicted octanol–water partition coefficient (Wildman–Crippen LogP) is 1.32. The van der Waals surface area contributed by atoms with Gasteiger partial charge in [-0.15, -0.1) is 0 Å². The second-order valence-corrected chi connectivity index (χ2v) is 5.12. The van der Waals surface area contributed by atoms with E-state index in [1.807, 2.05) is 6.07 Å². The molecule has 0 bridgehead atoms. The molecular weight excluding hydrogens is 212 g/mol. The molecule has 0 radical (unpaired) electrons. The van der Waals surface area contributed by atoms with Crippen LogP contribution in [0.4, 0.5) is 0 Å². The number of aromatic nitrogens is 1. The van der Waals surface area contributed by atoms with Gasteiger partial charge in [-0.2, -0.15) is 5.26 Å². The molecule has 0 aliphatic carbocycles. The smallest absolute Gasteiger partial charge is 0.236 e. The summed E-state index contributed by atoms with van der Waals surface area (Å²) in [7, 11) is -3.30. The highest BCUT2D eigenvalue weighted by Crippen LogP contribution is 2.18. The van der Waals surface area contributed by atoms with E-state index in [2.05, 4.69) is 0 Å². The van der Waals surface area contributed by atoms with Crippen LogP contribution >= 0.6 is 0 Å². The number of nitriles is 1. The first-order valence-electron chi connectivity index (χ1n) is 4.24. The molecule has 0 fully saturated rings. The van der Waals surface area contributed by atoms with Crippen molar-refractivity contribution in [1.82, 2.24) is 3.97 Å². The van der Waals surface area contributed by atoms with Crippen LogP contribution in [0.5, 0.6) is 0 Å². The minimum absolute atomic E-state index is 0.450. The topological polar surface area (TPSA) is 62.9 Å². The van der Waals surface area contributed by atoms with Crippen molar-refractivity contribution in [2.24, 2.45) is 0 Å². The Hall–Kier alpha value is -1.80. The van der Waals surface area contributed by atoms with Gasteiger partial charge in [0.15, 0.2) is 0 Å². The summed E-state index contributed by atoms with van der Waals surface area (Å²) < 4.78 is 23.9. The third-order valence-electron chi connectivity index (χ3n) is 2.14. The summed E-state index contributed by atoms with van der Waals surface area (Å²) in [5.74, 6) is 0. The van der Waals surface area contributed by atoms with E-state index < -0.39 is 10.0 Å². The molecule has 1 aromatic carbocycles. The summed E-state index contributed by atoms with van der Waals surface area (Å²) in [6.07, 6.45) is 2.62. The summed E-state index contributed by atoms with van der Waals surface area (Å²) in [5, 5.41) is 9.52. The Morgan fingerprint density at radius 2 is 2.07 bits per heavy atom. The molecule has 0 amide bonds. The van der Waals surface area contributed by atoms with Gasteiger partial charge in [-0.05, 0) is 18.2 Å². The SMILES string of the molecule is CS(=O)(=O)n1ccc2ccc(C#N)cc21. The molecule has 1 heterocycles. The summed E-state index contributed by atoms with van der Waals surface area (Å²) >= 11 is 0. The first-order valence-corrected chi connectivity index (χ1v) is 6.09. The van der Waals surface area contributed by atoms with Gasteiger partial charge in [0, 0.05) is 11.6 Å². The molecule has 76 valence electrons. The van der Waals surface area contributed by atoms with Gasteiger partial charge in [-0.25, -0.2) is 12.4 Å². The van der Waals surface area contributed by atoms with E-state index in [1.165, 1.54) is 10.2 Å². The monoisotopic (exact) mass is 220 g/mol. The summed E-state index contributed by atoms with van der Waals surface area (Å²) in [5.41, 5.74) is 0.989. The number of nitrogens with zero attached hydrogens (tertiary/aromatic N) is 2. The molecule has 0 N–H and O–H groups in total. The zero-order chi connectivity index (χ0) is 11.1. The molecule has 0 unspecified atom stereocenters. The van der Waals surface area contributed by atoms with Gasteiger partial charge in [0.1, 0.15) is 0 Å². The molecule has 2 aromatic rings. The van der Waals surface area contributed by atoms with E-state index in [0.29, 0.717) is 11.1 Å². The average molecular weight is 220 g/mol. The van der Waals surface area contributed by atoms with Gasteiger partial charge in [0.05, 0.1) is 23.4 Å². The van der Waals surface area contributed by atoms with Crippen LogP contribution in [0.3, 0.4) is 0 Å². The van der Waals surface area contributed by atoms with Crippen molar-refractivity contribution in [2.75, 3.05) is 6.26 Å². The molecule has 0 saturated heterocycles. The first-order chi connectivity index (χ1) is 7.02. The fourth-order valence-corrected chi connectivity index (χ4v) is 2.26. The third kappa shape index (κ3) is 1.60. The van der Waals surface area contributed by atoms with E-state index in [9.17, 15) is 8.42 Å². The highest BCUT2D eigenvalue weighted by Gasteiger charge is 2.09. The van der Waals surface area contributed by atoms with E-state index in [4.69, 9.17) is 5.26 Å². The lowest BCUT2D eigenvalue weighted by Gasteiger charge is -2.01. The minimum Gasteiger partial charge on any atom is -0.245 e. The highest BCUT2D eigenvalue weighted by molar-refractivity contribution is 7.89. The van der Waals surface area contributed by atoms with Crippen molar-refractivity contribution in [1.29, 1.82) is 5.26 Å². The van der Waals surface area contributed by atoms with Crippen molar-refractivity contribution in [3.05, 3.63) is 36.0 Å². The largest absolute Gasteiger partial charge is 0.245 e. The Morgan fingerprint density at radius 3 is 2.67 bits per heavy atom. The van der Waals surface area contributed by atoms with Crippen molar-refractivity contribution < 1.29 is 8.42 Å². The van der Waals surface area contributed by atoms with Crippen LogP contribution in [0.15, 0.2) is 30.5 Å². The Kier molecular flexibility index (Phi) is 2.02. The molecule has 15 heavy (non-hydrogen) atoms. The lowest BCUT2D eigenvalue weighted by Crippen LogP contribution is -2.08. The second-order valence-electron chi connectivity index (χ2n) is 3.26. The number of benzene rings is 1. The Labute approximate surface area is 87.4 Å². The van der Waals surface area contributed by atoms with Crippen molar-refractivity contribution >= 4 is 20.9 Å². The Morgan fingerprint density at radius 1 is 1.33 bits per heavy atom. The molecule has 0 saturated carbocycles. The standard InChI is InChI=1S/C10H8N2O2S/c1-15(13,14)12-5-4-9-3-2-8(7-11)6-10(9)12/h2-6H,1H3. The average Bonchev–Trinajstić information content (AvgIpc) is 2.59. The summed E-state index contributed by atoms with van der Waals surface area (Å²) in [6, 6.07) is 8.64. The Bertz CT molecular complexity index is 662. The van der Waals surface area contributed by atoms with Crippen LogP contribution in [0.25, 0.3) is 10.9 Å². The van der Waals surface area contributed by atoms with Crippen LogP contribution in [-0.2, 0) is 10.0 Å². The van der Waals surface area contributed by atoms with E-state index >= 15 is 0 Å². The van der Waals surface area contributed by atoms with Crippen molar-refractivity contribution in [3.8, 4) is 6.07 Å². The maximum atomic E-state index is 11.4. The highest BCUT2D eigenvalue weighted by atomic mass is 32.2. The lowest BCUT2D eigenvalue weighted by molar-refractivity contribution is 0.595. The summed E-state index contributed by atoms with van der Waals surface area (Å²) in [6.45, 7) is 0. The molecule has 4 nitrogen and oxygen atoms in total. The van der Waals surface area contributed by atoms with Gasteiger partial charge < -0.3 is 0 Å². The first kappa shape index (κ1) is 9.74. The maximum absolute atomic E-state index is 11.4. The molecule has 0 atom stereocenters. The fraction of sp³-hybridized carbons (Fsp3) is 0.100. The molecule has 1 aromatic heterocycles. The third-order valence-corrected chi connectivity index (χ3v) is 3.18. The van der Waals surface area contributed by atoms with E-state index in [1.54, 1.807) is 24.3 Å². The lowest BCUT2D eigenvalue weighted by atomic mass is 10.2. The zero-order valence-electron chi connectivity index (χ0n) is 8.01. The van der Waals surface area contributed by atoms with Gasteiger partial charge in [-0.1, -0.05) is 6.07 Å². The van der Waals surface area contributed by atoms with Crippen LogP contribution in [0.2, 0.25) is 0 Å². The number of rotatable bonds is 1. The molecule has 0 aliphatic rings. The number of hydrogen-bond acceptors (Lipinski definition) is 3. The molecular formula is C10H8N2O2S. The minimum atomic E-state index is -3.30. The molecule has 0 spiro atoms. The Balaban J connectivity index is 2.85. The second kappa shape index (κ2) is 3.11. The molecule has 2 rings (SSSR count). The maximum Gasteiger partial charge on any atom is 0.236 e. The van der Waals surface area contributed by atoms with Crippen molar-refractivity contribution in [2.45, 2.75) is 0 Å². The van der Waals surface area contributed by atoms with Gasteiger partial charge in [0.2, 0.25) is 10.0 Å². The predicted molar refractivity (Wildman–Crippen MR) is 56.9 cm³/mol. The molecule has 0 aliphatic heterocycles. The van der Waals surface area contributed by atoms with Crippen molar-refractivity contribution in [3.63, 3.8) is 0 Å². The van der Waals surface area contributed by atoms with Crippen LogP contribution < -0.4 is 0 Å². The number of fused-ring (bicyclic) bond motifs is 1. The van der Waals surface area contributed by atoms with Gasteiger partial charge >= 0.3 is 0 Å². The zero-order valence-corrected chi connectivity index (χ0v) is 8.82. The van der Waals surface area contributed by atoms with E-state index in [-0.39, 0.29) is 0 Å². The van der Waals surface area contributed by atoms with Crippen LogP contribution in [-0.4, -0.2) is 18.6 Å². The van der Waals surface area contributed by atoms with Crippen LogP contribution in [0.1, 0.15) is 5.56 Å². The van der Waals surface area contributed by atoms with Gasteiger partial charge in [0.25, 0.3) is 0 Å². The summed E-state index contributed by atoms with van der Waals surface area (Å²) in [4.78, 5) is 0. The fourth-order valence-electron chi connectivity index (χ4n) is 1.46. The van der Waals surface area contributed by atoms with Gasteiger partial charge in [-0.3, -0.25) is 0 Å². The molecule has 5 heteroatoms. The van der Waals surface area contributed by atoms with E-state index in [0.717, 1.165) is 11.6 Å². The normalized spacial score (nSPS) is 11.5.